The molecule has 2 aromatic rings. The minimum atomic E-state index is 0.225. The van der Waals surface area contributed by atoms with Crippen molar-refractivity contribution in [1.82, 2.24) is 0 Å². The van der Waals surface area contributed by atoms with Crippen LogP contribution in [0.15, 0.2) is 35.7 Å². The van der Waals surface area contributed by atoms with E-state index < -0.39 is 0 Å². The number of anilines is 1. The summed E-state index contributed by atoms with van der Waals surface area (Å²) in [5.74, 6) is 0.225. The van der Waals surface area contributed by atoms with Crippen LogP contribution >= 0.6 is 11.3 Å². The number of carbonyl (C=O) groups is 1. The molecule has 0 fully saturated rings. The zero-order valence-electron chi connectivity index (χ0n) is 11.1. The van der Waals surface area contributed by atoms with Gasteiger partial charge in [-0.3, -0.25) is 4.79 Å². The molecule has 0 N–H and O–H groups in total. The Balaban J connectivity index is 1.82. The summed E-state index contributed by atoms with van der Waals surface area (Å²) in [7, 11) is 0. The highest BCUT2D eigenvalue weighted by Gasteiger charge is 2.19. The lowest BCUT2D eigenvalue weighted by atomic mass is 9.99. The molecular formula is C16H17NOS. The molecule has 1 aliphatic heterocycles. The summed E-state index contributed by atoms with van der Waals surface area (Å²) in [5.41, 5.74) is 3.91. The Morgan fingerprint density at radius 1 is 1.37 bits per heavy atom. The lowest BCUT2D eigenvalue weighted by molar-refractivity contribution is 0.100. The number of nitrogens with zero attached hydrogens (tertiary/aromatic N) is 1. The molecule has 1 aliphatic rings. The van der Waals surface area contributed by atoms with E-state index >= 15 is 0 Å². The summed E-state index contributed by atoms with van der Waals surface area (Å²) in [4.78, 5) is 15.3. The van der Waals surface area contributed by atoms with Gasteiger partial charge in [-0.2, -0.15) is 0 Å². The molecule has 2 nitrogen and oxygen atoms in total. The monoisotopic (exact) mass is 271 g/mol. The zero-order chi connectivity index (χ0) is 13.2. The maximum absolute atomic E-state index is 12.2. The van der Waals surface area contributed by atoms with E-state index in [0.717, 1.165) is 24.3 Å². The van der Waals surface area contributed by atoms with Gasteiger partial charge in [-0.25, -0.2) is 0 Å². The standard InChI is InChI=1S/C16H17NOS/c1-12-6-7-14-13(10-12)4-2-8-17(14)11-15(18)16-5-3-9-19-16/h3,5-7,9-10H,2,4,8,11H2,1H3. The van der Waals surface area contributed by atoms with Gasteiger partial charge in [0.15, 0.2) is 5.78 Å². The molecule has 0 bridgehead atoms. The lowest BCUT2D eigenvalue weighted by Crippen LogP contribution is -2.34. The van der Waals surface area contributed by atoms with Gasteiger partial charge in [0.25, 0.3) is 0 Å². The lowest BCUT2D eigenvalue weighted by Gasteiger charge is -2.30. The van der Waals surface area contributed by atoms with Gasteiger partial charge in [0.2, 0.25) is 0 Å². The van der Waals surface area contributed by atoms with Crippen molar-refractivity contribution in [2.45, 2.75) is 19.8 Å². The van der Waals surface area contributed by atoms with Gasteiger partial charge in [0.05, 0.1) is 11.4 Å². The normalized spacial score (nSPS) is 14.3. The first-order valence-corrected chi connectivity index (χ1v) is 7.53. The van der Waals surface area contributed by atoms with E-state index in [4.69, 9.17) is 0 Å². The minimum absolute atomic E-state index is 0.225. The fraction of sp³-hybridized carbons (Fsp3) is 0.312. The molecule has 3 rings (SSSR count). The number of fused-ring (bicyclic) bond motifs is 1. The van der Waals surface area contributed by atoms with Crippen molar-refractivity contribution in [3.63, 3.8) is 0 Å². The first-order valence-electron chi connectivity index (χ1n) is 6.65. The average Bonchev–Trinajstić information content (AvgIpc) is 2.92. The molecule has 1 aromatic carbocycles. The van der Waals surface area contributed by atoms with E-state index in [1.54, 1.807) is 0 Å². The summed E-state index contributed by atoms with van der Waals surface area (Å²) in [5, 5.41) is 1.96. The highest BCUT2D eigenvalue weighted by Crippen LogP contribution is 2.28. The molecule has 98 valence electrons. The fourth-order valence-corrected chi connectivity index (χ4v) is 3.31. The highest BCUT2D eigenvalue weighted by atomic mass is 32.1. The molecule has 19 heavy (non-hydrogen) atoms. The number of benzene rings is 1. The summed E-state index contributed by atoms with van der Waals surface area (Å²) >= 11 is 1.53. The molecule has 0 saturated heterocycles. The quantitative estimate of drug-likeness (QED) is 0.793. The van der Waals surface area contributed by atoms with Gasteiger partial charge in [-0.15, -0.1) is 11.3 Å². The molecule has 0 amide bonds. The SMILES string of the molecule is Cc1ccc2c(c1)CCCN2CC(=O)c1cccs1. The van der Waals surface area contributed by atoms with Crippen LogP contribution in [0.3, 0.4) is 0 Å². The van der Waals surface area contributed by atoms with Crippen LogP contribution in [-0.2, 0) is 6.42 Å². The summed E-state index contributed by atoms with van der Waals surface area (Å²) in [6.07, 6.45) is 2.26. The van der Waals surface area contributed by atoms with Gasteiger partial charge in [0.1, 0.15) is 0 Å². The summed E-state index contributed by atoms with van der Waals surface area (Å²) in [6.45, 7) is 3.60. The van der Waals surface area contributed by atoms with Crippen LogP contribution in [0.2, 0.25) is 0 Å². The maximum atomic E-state index is 12.2. The third-order valence-corrected chi connectivity index (χ3v) is 4.49. The molecule has 0 atom stereocenters. The Bertz CT molecular complexity index is 589. The van der Waals surface area contributed by atoms with Crippen LogP contribution in [0, 0.1) is 6.92 Å². The third kappa shape index (κ3) is 2.56. The average molecular weight is 271 g/mol. The third-order valence-electron chi connectivity index (χ3n) is 3.58. The van der Waals surface area contributed by atoms with E-state index in [-0.39, 0.29) is 5.78 Å². The number of rotatable bonds is 3. The van der Waals surface area contributed by atoms with Gasteiger partial charge < -0.3 is 4.90 Å². The van der Waals surface area contributed by atoms with Crippen molar-refractivity contribution in [1.29, 1.82) is 0 Å². The van der Waals surface area contributed by atoms with Crippen LogP contribution in [0.25, 0.3) is 0 Å². The number of hydrogen-bond donors (Lipinski definition) is 0. The Kier molecular flexibility index (Phi) is 3.38. The summed E-state index contributed by atoms with van der Waals surface area (Å²) in [6, 6.07) is 10.4. The number of aryl methyl sites for hydroxylation is 2. The van der Waals surface area contributed by atoms with Gasteiger partial charge in [-0.1, -0.05) is 23.8 Å². The topological polar surface area (TPSA) is 20.3 Å². The minimum Gasteiger partial charge on any atom is -0.364 e. The molecule has 0 unspecified atom stereocenters. The van der Waals surface area contributed by atoms with Gasteiger partial charge >= 0.3 is 0 Å². The highest BCUT2D eigenvalue weighted by molar-refractivity contribution is 7.12. The molecule has 3 heteroatoms. The van der Waals surface area contributed by atoms with Gasteiger partial charge in [0, 0.05) is 12.2 Å². The predicted molar refractivity (Wildman–Crippen MR) is 80.4 cm³/mol. The molecule has 0 saturated carbocycles. The molecule has 2 heterocycles. The van der Waals surface area contributed by atoms with E-state index in [1.807, 2.05) is 17.5 Å². The van der Waals surface area contributed by atoms with E-state index in [9.17, 15) is 4.79 Å². The van der Waals surface area contributed by atoms with Crippen LogP contribution < -0.4 is 4.90 Å². The second-order valence-corrected chi connectivity index (χ2v) is 6.01. The van der Waals surface area contributed by atoms with Crippen molar-refractivity contribution >= 4 is 22.8 Å². The Morgan fingerprint density at radius 2 is 2.26 bits per heavy atom. The number of ketones is 1. The number of Topliss-reactive ketones (excluding diaryl/α,β-unsaturated/α-hetero) is 1. The second-order valence-electron chi connectivity index (χ2n) is 5.06. The van der Waals surface area contributed by atoms with Crippen LogP contribution in [0.4, 0.5) is 5.69 Å². The maximum Gasteiger partial charge on any atom is 0.191 e. The summed E-state index contributed by atoms with van der Waals surface area (Å²) < 4.78 is 0. The molecular weight excluding hydrogens is 254 g/mol. The molecule has 0 aliphatic carbocycles. The molecule has 1 aromatic heterocycles. The molecule has 0 spiro atoms. The first-order chi connectivity index (χ1) is 9.24. The van der Waals surface area contributed by atoms with Gasteiger partial charge in [-0.05, 0) is 42.8 Å². The van der Waals surface area contributed by atoms with E-state index in [0.29, 0.717) is 6.54 Å². The Hall–Kier alpha value is -1.61. The van der Waals surface area contributed by atoms with Crippen LogP contribution in [0.1, 0.15) is 27.2 Å². The Labute approximate surface area is 117 Å². The van der Waals surface area contributed by atoms with Crippen molar-refractivity contribution < 1.29 is 4.79 Å². The number of thiophene rings is 1. The smallest absolute Gasteiger partial charge is 0.191 e. The van der Waals surface area contributed by atoms with Crippen LogP contribution in [0.5, 0.6) is 0 Å². The fourth-order valence-electron chi connectivity index (χ4n) is 2.66. The van der Waals surface area contributed by atoms with Crippen molar-refractivity contribution in [2.75, 3.05) is 18.0 Å². The van der Waals surface area contributed by atoms with E-state index in [1.165, 1.54) is 28.2 Å². The van der Waals surface area contributed by atoms with Crippen molar-refractivity contribution in [2.24, 2.45) is 0 Å². The number of carbonyl (C=O) groups excluding carboxylic acids is 1. The molecule has 0 radical (unpaired) electrons. The Morgan fingerprint density at radius 3 is 3.05 bits per heavy atom. The zero-order valence-corrected chi connectivity index (χ0v) is 11.9. The first kappa shape index (κ1) is 12.4. The van der Waals surface area contributed by atoms with Crippen LogP contribution in [-0.4, -0.2) is 18.9 Å². The largest absolute Gasteiger partial charge is 0.364 e. The second kappa shape index (κ2) is 5.17. The number of hydrogen-bond acceptors (Lipinski definition) is 3. The van der Waals surface area contributed by atoms with Crippen molar-refractivity contribution in [3.05, 3.63) is 51.7 Å². The predicted octanol–water partition coefficient (Wildman–Crippen LogP) is 3.69. The van der Waals surface area contributed by atoms with E-state index in [2.05, 4.69) is 30.0 Å². The van der Waals surface area contributed by atoms with Crippen molar-refractivity contribution in [3.8, 4) is 0 Å².